The highest BCUT2D eigenvalue weighted by Gasteiger charge is 2.54. The molecular weight excluding hydrogens is 204 g/mol. The maximum atomic E-state index is 12.2. The second kappa shape index (κ2) is 2.78. The molecule has 86 valence electrons. The van der Waals surface area contributed by atoms with E-state index in [2.05, 4.69) is 21.3 Å². The molecule has 4 rings (SSSR count). The summed E-state index contributed by atoms with van der Waals surface area (Å²) in [6, 6.07) is 0. The van der Waals surface area contributed by atoms with Crippen molar-refractivity contribution < 1.29 is 4.79 Å². The zero-order chi connectivity index (χ0) is 10.9. The molecule has 4 saturated heterocycles. The summed E-state index contributed by atoms with van der Waals surface area (Å²) in [6.07, 6.45) is 0.663. The highest BCUT2D eigenvalue weighted by Crippen LogP contribution is 2.37. The Morgan fingerprint density at radius 3 is 2.06 bits per heavy atom. The van der Waals surface area contributed by atoms with E-state index in [1.807, 2.05) is 4.90 Å². The summed E-state index contributed by atoms with van der Waals surface area (Å²) in [6.45, 7) is 10.2. The number of carbonyl (C=O) groups excluding carboxylic acids is 1. The highest BCUT2D eigenvalue weighted by molar-refractivity contribution is 5.93. The molecule has 1 amide bonds. The van der Waals surface area contributed by atoms with Gasteiger partial charge in [-0.1, -0.05) is 6.58 Å². The number of piperazine rings is 2. The monoisotopic (exact) mass is 220 g/mol. The number of nitrogens with zero attached hydrogens (tertiary/aromatic N) is 4. The molecule has 5 nitrogen and oxygen atoms in total. The van der Waals surface area contributed by atoms with Crippen LogP contribution in [0.25, 0.3) is 0 Å². The van der Waals surface area contributed by atoms with Gasteiger partial charge >= 0.3 is 0 Å². The molecule has 4 heterocycles. The third-order valence-electron chi connectivity index (χ3n) is 4.44. The molecule has 4 fully saturated rings. The second-order valence-corrected chi connectivity index (χ2v) is 5.04. The van der Waals surface area contributed by atoms with Crippen molar-refractivity contribution in [3.05, 3.63) is 12.3 Å². The molecule has 4 aliphatic heterocycles. The van der Waals surface area contributed by atoms with Crippen LogP contribution < -0.4 is 0 Å². The van der Waals surface area contributed by atoms with Crippen LogP contribution in [0.2, 0.25) is 0 Å². The van der Waals surface area contributed by atoms with Gasteiger partial charge in [-0.2, -0.15) is 0 Å². The van der Waals surface area contributed by atoms with Gasteiger partial charge in [0.05, 0.1) is 5.70 Å². The molecule has 2 atom stereocenters. The molecule has 4 aliphatic rings. The standard InChI is InChI=1S/C11H16N4O/c1-8-11(16)15-7-5-13-3-2-12-4-6-14(8)9(12)10(13)15/h9-10H,1-7H2/t9-,10-/m1/s1. The molecular formula is C11H16N4O. The van der Waals surface area contributed by atoms with Crippen molar-refractivity contribution in [1.29, 1.82) is 0 Å². The number of hydrogen-bond donors (Lipinski definition) is 0. The Balaban J connectivity index is 1.81. The molecule has 0 N–H and O–H groups in total. The van der Waals surface area contributed by atoms with Crippen LogP contribution in [-0.4, -0.2) is 77.1 Å². The lowest BCUT2D eigenvalue weighted by Crippen LogP contribution is -2.67. The van der Waals surface area contributed by atoms with E-state index in [4.69, 9.17) is 0 Å². The van der Waals surface area contributed by atoms with Crippen molar-refractivity contribution in [2.24, 2.45) is 0 Å². The van der Waals surface area contributed by atoms with E-state index in [1.54, 1.807) is 0 Å². The minimum Gasteiger partial charge on any atom is -0.347 e. The summed E-state index contributed by atoms with van der Waals surface area (Å²) in [5.74, 6) is 0.146. The Morgan fingerprint density at radius 2 is 1.38 bits per heavy atom. The number of amides is 1. The smallest absolute Gasteiger partial charge is 0.270 e. The van der Waals surface area contributed by atoms with Gasteiger partial charge in [0.1, 0.15) is 12.3 Å². The first-order chi connectivity index (χ1) is 7.77. The van der Waals surface area contributed by atoms with Crippen LogP contribution in [0, 0.1) is 0 Å². The van der Waals surface area contributed by atoms with Gasteiger partial charge in [0.15, 0.2) is 0 Å². The van der Waals surface area contributed by atoms with E-state index in [9.17, 15) is 4.79 Å². The number of rotatable bonds is 0. The third kappa shape index (κ3) is 0.872. The average molecular weight is 220 g/mol. The lowest BCUT2D eigenvalue weighted by molar-refractivity contribution is -0.144. The summed E-state index contributed by atoms with van der Waals surface area (Å²) in [5, 5.41) is 0. The van der Waals surface area contributed by atoms with Gasteiger partial charge in [0.2, 0.25) is 0 Å². The van der Waals surface area contributed by atoms with E-state index < -0.39 is 0 Å². The Hall–Kier alpha value is -1.07. The first-order valence-corrected chi connectivity index (χ1v) is 6.02. The van der Waals surface area contributed by atoms with Crippen molar-refractivity contribution in [1.82, 2.24) is 19.6 Å². The van der Waals surface area contributed by atoms with E-state index in [0.29, 0.717) is 11.9 Å². The summed E-state index contributed by atoms with van der Waals surface area (Å²) in [4.78, 5) is 21.3. The quantitative estimate of drug-likeness (QED) is 0.487. The SMILES string of the molecule is C=C1C(=O)N2CCN3CCN4CCN1[C@@H]4[C@H]32. The highest BCUT2D eigenvalue weighted by atomic mass is 16.2. The normalized spacial score (nSPS) is 38.5. The third-order valence-corrected chi connectivity index (χ3v) is 4.44. The molecule has 0 aromatic heterocycles. The minimum absolute atomic E-state index is 0.146. The lowest BCUT2D eigenvalue weighted by Gasteiger charge is -2.50. The minimum atomic E-state index is 0.146. The Labute approximate surface area is 94.9 Å². The van der Waals surface area contributed by atoms with E-state index in [1.165, 1.54) is 0 Å². The number of carbonyl (C=O) groups is 1. The zero-order valence-electron chi connectivity index (χ0n) is 9.30. The van der Waals surface area contributed by atoms with Crippen molar-refractivity contribution in [3.63, 3.8) is 0 Å². The molecule has 5 heteroatoms. The van der Waals surface area contributed by atoms with Crippen LogP contribution >= 0.6 is 0 Å². The van der Waals surface area contributed by atoms with Crippen molar-refractivity contribution in [3.8, 4) is 0 Å². The second-order valence-electron chi connectivity index (χ2n) is 5.04. The maximum absolute atomic E-state index is 12.2. The van der Waals surface area contributed by atoms with E-state index in [0.717, 1.165) is 39.3 Å². The van der Waals surface area contributed by atoms with Crippen LogP contribution in [0.4, 0.5) is 0 Å². The Kier molecular flexibility index (Phi) is 1.57. The fourth-order valence-electron chi connectivity index (χ4n) is 3.64. The average Bonchev–Trinajstić information content (AvgIpc) is 2.88. The van der Waals surface area contributed by atoms with E-state index in [-0.39, 0.29) is 12.1 Å². The summed E-state index contributed by atoms with van der Waals surface area (Å²) < 4.78 is 0. The maximum Gasteiger partial charge on any atom is 0.270 e. The molecule has 0 unspecified atom stereocenters. The van der Waals surface area contributed by atoms with Gasteiger partial charge in [-0.05, 0) is 0 Å². The van der Waals surface area contributed by atoms with Gasteiger partial charge in [0.25, 0.3) is 5.91 Å². The van der Waals surface area contributed by atoms with Crippen LogP contribution in [-0.2, 0) is 4.79 Å². The van der Waals surface area contributed by atoms with Gasteiger partial charge in [-0.3, -0.25) is 14.6 Å². The first kappa shape index (κ1) is 9.01. The fraction of sp³-hybridized carbons (Fsp3) is 0.727. The predicted octanol–water partition coefficient (Wildman–Crippen LogP) is -1.06. The molecule has 0 aliphatic carbocycles. The van der Waals surface area contributed by atoms with Crippen molar-refractivity contribution in [2.45, 2.75) is 12.3 Å². The molecule has 0 aromatic rings. The van der Waals surface area contributed by atoms with Gasteiger partial charge in [-0.15, -0.1) is 0 Å². The fourth-order valence-corrected chi connectivity index (χ4v) is 3.64. The predicted molar refractivity (Wildman–Crippen MR) is 58.3 cm³/mol. The molecule has 0 saturated carbocycles. The zero-order valence-corrected chi connectivity index (χ0v) is 9.30. The van der Waals surface area contributed by atoms with Crippen molar-refractivity contribution >= 4 is 5.91 Å². The van der Waals surface area contributed by atoms with Crippen LogP contribution in [0.1, 0.15) is 0 Å². The Morgan fingerprint density at radius 1 is 0.875 bits per heavy atom. The molecule has 0 aromatic carbocycles. The molecule has 16 heavy (non-hydrogen) atoms. The molecule has 0 radical (unpaired) electrons. The summed E-state index contributed by atoms with van der Waals surface area (Å²) in [7, 11) is 0. The Bertz CT molecular complexity index is 346. The van der Waals surface area contributed by atoms with E-state index >= 15 is 0 Å². The van der Waals surface area contributed by atoms with Crippen LogP contribution in [0.3, 0.4) is 0 Å². The van der Waals surface area contributed by atoms with Crippen LogP contribution in [0.15, 0.2) is 12.3 Å². The van der Waals surface area contributed by atoms with Crippen LogP contribution in [0.5, 0.6) is 0 Å². The first-order valence-electron chi connectivity index (χ1n) is 6.02. The van der Waals surface area contributed by atoms with Gasteiger partial charge in [0, 0.05) is 39.3 Å². The van der Waals surface area contributed by atoms with Gasteiger partial charge < -0.3 is 9.80 Å². The summed E-state index contributed by atoms with van der Waals surface area (Å²) >= 11 is 0. The molecule has 0 bridgehead atoms. The topological polar surface area (TPSA) is 30.0 Å². The number of hydrogen-bond acceptors (Lipinski definition) is 4. The van der Waals surface area contributed by atoms with Gasteiger partial charge in [-0.25, -0.2) is 0 Å². The van der Waals surface area contributed by atoms with Crippen molar-refractivity contribution in [2.75, 3.05) is 39.3 Å². The lowest BCUT2D eigenvalue weighted by atomic mass is 10.1. The summed E-state index contributed by atoms with van der Waals surface area (Å²) in [5.41, 5.74) is 0.701. The molecule has 0 spiro atoms. The largest absolute Gasteiger partial charge is 0.347 e.